The number of pyridine rings is 1. The van der Waals surface area contributed by atoms with Crippen molar-refractivity contribution >= 4 is 54.8 Å². The van der Waals surface area contributed by atoms with E-state index in [0.717, 1.165) is 51.2 Å². The molecule has 7 heteroatoms. The Morgan fingerprint density at radius 3 is 2.92 bits per heavy atom. The number of anilines is 1. The molecule has 3 heterocycles. The molecule has 4 rings (SSSR count). The lowest BCUT2D eigenvalue weighted by Crippen LogP contribution is -2.34. The fourth-order valence-corrected chi connectivity index (χ4v) is 5.54. The Morgan fingerprint density at radius 2 is 2.15 bits per heavy atom. The van der Waals surface area contributed by atoms with Crippen LogP contribution in [0, 0.1) is 0 Å². The van der Waals surface area contributed by atoms with E-state index in [9.17, 15) is 0 Å². The van der Waals surface area contributed by atoms with Gasteiger partial charge in [0.25, 0.3) is 0 Å². The van der Waals surface area contributed by atoms with Gasteiger partial charge in [-0.1, -0.05) is 41.9 Å². The van der Waals surface area contributed by atoms with E-state index in [4.69, 9.17) is 22.1 Å². The van der Waals surface area contributed by atoms with E-state index >= 15 is 0 Å². The minimum Gasteiger partial charge on any atom is -0.380 e. The van der Waals surface area contributed by atoms with Gasteiger partial charge in [0, 0.05) is 25.3 Å². The zero-order chi connectivity index (χ0) is 18.1. The third-order valence-corrected chi connectivity index (χ3v) is 7.06. The summed E-state index contributed by atoms with van der Waals surface area (Å²) >= 11 is 11.7. The number of ether oxygens (including phenoxy) is 1. The van der Waals surface area contributed by atoms with Crippen LogP contribution in [-0.2, 0) is 11.3 Å². The molecule has 3 aromatic rings. The molecular formula is C19H19BrClN3OS. The first-order valence-electron chi connectivity index (χ1n) is 8.57. The Kier molecular flexibility index (Phi) is 5.47. The van der Waals surface area contributed by atoms with Crippen molar-refractivity contribution < 1.29 is 4.74 Å². The number of rotatable bonds is 4. The lowest BCUT2D eigenvalue weighted by Gasteiger charge is -2.28. The molecule has 26 heavy (non-hydrogen) atoms. The van der Waals surface area contributed by atoms with E-state index in [1.807, 2.05) is 24.3 Å². The second-order valence-corrected chi connectivity index (χ2v) is 8.62. The van der Waals surface area contributed by atoms with E-state index in [2.05, 4.69) is 38.4 Å². The highest BCUT2D eigenvalue weighted by atomic mass is 79.9. The number of nitrogens with zero attached hydrogens (tertiary/aromatic N) is 1. The zero-order valence-corrected chi connectivity index (χ0v) is 17.2. The van der Waals surface area contributed by atoms with Crippen LogP contribution in [0.25, 0.3) is 10.2 Å². The van der Waals surface area contributed by atoms with Crippen LogP contribution in [0.4, 0.5) is 5.69 Å². The molecule has 1 aromatic carbocycles. The average Bonchev–Trinajstić information content (AvgIpc) is 2.98. The highest BCUT2D eigenvalue weighted by Gasteiger charge is 2.29. The van der Waals surface area contributed by atoms with Crippen LogP contribution in [-0.4, -0.2) is 17.6 Å². The number of thiophene rings is 1. The summed E-state index contributed by atoms with van der Waals surface area (Å²) in [7, 11) is 0. The van der Waals surface area contributed by atoms with Crippen LogP contribution in [0.2, 0.25) is 5.15 Å². The predicted molar refractivity (Wildman–Crippen MR) is 112 cm³/mol. The Labute approximate surface area is 169 Å². The van der Waals surface area contributed by atoms with Gasteiger partial charge in [0.05, 0.1) is 25.3 Å². The van der Waals surface area contributed by atoms with Crippen LogP contribution < -0.4 is 11.1 Å². The van der Waals surface area contributed by atoms with Gasteiger partial charge in [-0.3, -0.25) is 0 Å². The van der Waals surface area contributed by atoms with Gasteiger partial charge < -0.3 is 15.8 Å². The van der Waals surface area contributed by atoms with E-state index in [-0.39, 0.29) is 12.1 Å². The summed E-state index contributed by atoms with van der Waals surface area (Å²) in [4.78, 5) is 5.61. The van der Waals surface area contributed by atoms with Crippen molar-refractivity contribution in [1.82, 2.24) is 4.98 Å². The number of fused-ring (bicyclic) bond motifs is 1. The van der Waals surface area contributed by atoms with Gasteiger partial charge in [-0.05, 0) is 34.3 Å². The van der Waals surface area contributed by atoms with E-state index in [1.54, 1.807) is 11.3 Å². The van der Waals surface area contributed by atoms with Crippen LogP contribution in [0.1, 0.15) is 29.4 Å². The Morgan fingerprint density at radius 1 is 1.35 bits per heavy atom. The quantitative estimate of drug-likeness (QED) is 0.513. The second kappa shape index (κ2) is 7.82. The zero-order valence-electron chi connectivity index (χ0n) is 14.0. The maximum absolute atomic E-state index is 6.30. The number of hydrogen-bond acceptors (Lipinski definition) is 5. The summed E-state index contributed by atoms with van der Waals surface area (Å²) in [6.07, 6.45) is 1.88. The first kappa shape index (κ1) is 18.2. The summed E-state index contributed by atoms with van der Waals surface area (Å²) in [5, 5.41) is 3.96. The number of nitrogens with two attached hydrogens (primary N) is 1. The maximum atomic E-state index is 6.30. The molecule has 0 radical (unpaired) electrons. The van der Waals surface area contributed by atoms with Crippen molar-refractivity contribution in [2.24, 2.45) is 5.73 Å². The largest absolute Gasteiger partial charge is 0.380 e. The fourth-order valence-electron chi connectivity index (χ4n) is 3.21. The van der Waals surface area contributed by atoms with Crippen LogP contribution in [0.5, 0.6) is 0 Å². The minimum atomic E-state index is -0.0990. The lowest BCUT2D eigenvalue weighted by atomic mass is 10.0. The molecule has 0 bridgehead atoms. The van der Waals surface area contributed by atoms with Gasteiger partial charge in [0.2, 0.25) is 0 Å². The van der Waals surface area contributed by atoms with Crippen LogP contribution in [0.3, 0.4) is 0 Å². The van der Waals surface area contributed by atoms with Crippen molar-refractivity contribution in [3.8, 4) is 0 Å². The number of nitrogens with one attached hydrogen (secondary N) is 1. The van der Waals surface area contributed by atoms with Gasteiger partial charge in [0.15, 0.2) is 0 Å². The molecule has 0 aliphatic carbocycles. The topological polar surface area (TPSA) is 60.2 Å². The Bertz CT molecular complexity index is 918. The van der Waals surface area contributed by atoms with Crippen molar-refractivity contribution in [2.45, 2.75) is 31.5 Å². The lowest BCUT2D eigenvalue weighted by molar-refractivity contribution is 0.00202. The first-order valence-corrected chi connectivity index (χ1v) is 10.6. The summed E-state index contributed by atoms with van der Waals surface area (Å²) in [6, 6.07) is 12.2. The van der Waals surface area contributed by atoms with Crippen molar-refractivity contribution in [3.63, 3.8) is 0 Å². The molecule has 2 aromatic heterocycles. The molecule has 4 nitrogen and oxygen atoms in total. The highest BCUT2D eigenvalue weighted by Crippen LogP contribution is 2.45. The van der Waals surface area contributed by atoms with Gasteiger partial charge in [-0.2, -0.15) is 0 Å². The standard InChI is InChI=1S/C19H19BrClN3OS/c20-15-16-18(26-19(15)17-12(22)7-4-8-25-17)13(9-14(21)24-16)23-10-11-5-2-1-3-6-11/h1-3,5-6,9,12,17H,4,7-8,10,22H2,(H,23,24)/t12-,17-/m1/s1. The molecule has 1 aliphatic heterocycles. The molecule has 0 spiro atoms. The SMILES string of the molecule is N[C@@H]1CCCO[C@H]1c1sc2c(NCc3ccccc3)cc(Cl)nc2c1Br. The molecule has 1 fully saturated rings. The molecule has 3 N–H and O–H groups in total. The Hall–Kier alpha value is -1.18. The second-order valence-electron chi connectivity index (χ2n) is 6.39. The minimum absolute atomic E-state index is 0.00399. The van der Waals surface area contributed by atoms with Gasteiger partial charge in [0.1, 0.15) is 11.3 Å². The number of hydrogen-bond donors (Lipinski definition) is 2. The van der Waals surface area contributed by atoms with Gasteiger partial charge in [-0.25, -0.2) is 4.98 Å². The van der Waals surface area contributed by atoms with E-state index < -0.39 is 0 Å². The van der Waals surface area contributed by atoms with Crippen LogP contribution >= 0.6 is 38.9 Å². The Balaban J connectivity index is 1.70. The molecule has 1 aliphatic rings. The van der Waals surface area contributed by atoms with Crippen LogP contribution in [0.15, 0.2) is 40.9 Å². The monoisotopic (exact) mass is 451 g/mol. The third-order valence-electron chi connectivity index (χ3n) is 4.53. The number of halogens is 2. The average molecular weight is 453 g/mol. The van der Waals surface area contributed by atoms with Gasteiger partial charge in [-0.15, -0.1) is 11.3 Å². The smallest absolute Gasteiger partial charge is 0.131 e. The summed E-state index contributed by atoms with van der Waals surface area (Å²) in [6.45, 7) is 1.47. The molecule has 2 atom stereocenters. The van der Waals surface area contributed by atoms with E-state index in [0.29, 0.717) is 5.15 Å². The molecule has 1 saturated heterocycles. The molecule has 0 saturated carbocycles. The van der Waals surface area contributed by atoms with Crippen molar-refractivity contribution in [1.29, 1.82) is 0 Å². The summed E-state index contributed by atoms with van der Waals surface area (Å²) in [5.41, 5.74) is 9.35. The third kappa shape index (κ3) is 3.62. The normalized spacial score (nSPS) is 20.4. The van der Waals surface area contributed by atoms with Gasteiger partial charge >= 0.3 is 0 Å². The summed E-state index contributed by atoms with van der Waals surface area (Å²) in [5.74, 6) is 0. The predicted octanol–water partition coefficient (Wildman–Crippen LogP) is 5.50. The van der Waals surface area contributed by atoms with E-state index in [1.165, 1.54) is 5.56 Å². The molecular weight excluding hydrogens is 434 g/mol. The highest BCUT2D eigenvalue weighted by molar-refractivity contribution is 9.10. The maximum Gasteiger partial charge on any atom is 0.131 e. The molecule has 136 valence electrons. The van der Waals surface area contributed by atoms with Crippen molar-refractivity contribution in [2.75, 3.05) is 11.9 Å². The first-order chi connectivity index (χ1) is 12.6. The number of benzene rings is 1. The summed E-state index contributed by atoms with van der Waals surface area (Å²) < 4.78 is 7.96. The molecule has 0 amide bonds. The van der Waals surface area contributed by atoms with Crippen molar-refractivity contribution in [3.05, 3.63) is 56.5 Å². The fraction of sp³-hybridized carbons (Fsp3) is 0.316. The molecule has 0 unspecified atom stereocenters. The number of aromatic nitrogens is 1.